The molecule has 1 aliphatic rings. The fourth-order valence-corrected chi connectivity index (χ4v) is 1.52. The average Bonchev–Trinajstić information content (AvgIpc) is 2.13. The molecule has 2 rings (SSSR count). The van der Waals surface area contributed by atoms with E-state index >= 15 is 0 Å². The van der Waals surface area contributed by atoms with Gasteiger partial charge in [0.2, 0.25) is 0 Å². The third kappa shape index (κ3) is 2.53. The van der Waals surface area contributed by atoms with E-state index in [4.69, 9.17) is 0 Å². The summed E-state index contributed by atoms with van der Waals surface area (Å²) < 4.78 is 13.3. The minimum atomic E-state index is 0.317. The van der Waals surface area contributed by atoms with E-state index in [9.17, 15) is 4.48 Å². The Balaban J connectivity index is 1.79. The fourth-order valence-electron chi connectivity index (χ4n) is 1.52. The van der Waals surface area contributed by atoms with Crippen LogP contribution >= 0.6 is 0 Å². The highest BCUT2D eigenvalue weighted by Gasteiger charge is 2.19. The average molecular weight is 194 g/mol. The van der Waals surface area contributed by atoms with Crippen molar-refractivity contribution in [1.29, 1.82) is 0 Å². The van der Waals surface area contributed by atoms with Crippen LogP contribution in [0.4, 0.5) is 4.48 Å². The molecule has 3 heteroatoms. The summed E-state index contributed by atoms with van der Waals surface area (Å²) in [5.41, 5.74) is 3.82. The van der Waals surface area contributed by atoms with Crippen molar-refractivity contribution in [2.24, 2.45) is 0 Å². The van der Waals surface area contributed by atoms with Crippen molar-refractivity contribution < 1.29 is 4.48 Å². The van der Waals surface area contributed by atoms with Crippen molar-refractivity contribution in [1.82, 2.24) is 10.7 Å². The topological polar surface area (TPSA) is 15.3 Å². The normalized spacial score (nSPS) is 17.0. The van der Waals surface area contributed by atoms with Crippen LogP contribution in [0.5, 0.6) is 0 Å². The van der Waals surface area contributed by atoms with E-state index in [0.717, 1.165) is 18.4 Å². The predicted octanol–water partition coefficient (Wildman–Crippen LogP) is 2.43. The van der Waals surface area contributed by atoms with Gasteiger partial charge in [-0.25, -0.2) is 5.43 Å². The summed E-state index contributed by atoms with van der Waals surface area (Å²) in [6.45, 7) is 0.317. The Morgan fingerprint density at radius 1 is 1.29 bits per heavy atom. The second-order valence-electron chi connectivity index (χ2n) is 3.76. The molecule has 76 valence electrons. The third-order valence-electron chi connectivity index (χ3n) is 2.59. The molecule has 0 amide bonds. The van der Waals surface area contributed by atoms with Gasteiger partial charge in [0, 0.05) is 6.04 Å². The van der Waals surface area contributed by atoms with E-state index in [0.29, 0.717) is 17.8 Å². The molecule has 1 N–H and O–H groups in total. The van der Waals surface area contributed by atoms with Crippen LogP contribution in [0.2, 0.25) is 0 Å². The summed E-state index contributed by atoms with van der Waals surface area (Å²) in [7, 11) is 0. The maximum atomic E-state index is 13.3. The molecule has 0 spiro atoms. The molecule has 0 radical (unpaired) electrons. The molecule has 0 heterocycles. The van der Waals surface area contributed by atoms with Crippen LogP contribution in [0.3, 0.4) is 0 Å². The largest absolute Gasteiger partial charge is 0.224 e. The monoisotopic (exact) mass is 194 g/mol. The molecule has 2 nitrogen and oxygen atoms in total. The van der Waals surface area contributed by atoms with Gasteiger partial charge in [0.25, 0.3) is 0 Å². The highest BCUT2D eigenvalue weighted by molar-refractivity contribution is 5.13. The van der Waals surface area contributed by atoms with Gasteiger partial charge in [-0.05, 0) is 18.4 Å². The van der Waals surface area contributed by atoms with Crippen LogP contribution < -0.4 is 5.43 Å². The van der Waals surface area contributed by atoms with Gasteiger partial charge in [-0.3, -0.25) is 0 Å². The summed E-state index contributed by atoms with van der Waals surface area (Å²) in [5, 5.41) is 0.694. The minimum Gasteiger partial charge on any atom is -0.224 e. The summed E-state index contributed by atoms with van der Waals surface area (Å²) in [6.07, 6.45) is 3.40. The third-order valence-corrected chi connectivity index (χ3v) is 2.59. The molecule has 1 aliphatic carbocycles. The number of hydrogen-bond donors (Lipinski definition) is 1. The number of halogens is 1. The molecule has 0 bridgehead atoms. The van der Waals surface area contributed by atoms with E-state index in [-0.39, 0.29) is 0 Å². The van der Waals surface area contributed by atoms with E-state index < -0.39 is 0 Å². The molecule has 1 saturated carbocycles. The first kappa shape index (κ1) is 9.62. The number of nitrogens with zero attached hydrogens (tertiary/aromatic N) is 1. The van der Waals surface area contributed by atoms with Crippen LogP contribution in [-0.4, -0.2) is 11.3 Å². The van der Waals surface area contributed by atoms with Crippen LogP contribution in [0.1, 0.15) is 24.8 Å². The second kappa shape index (κ2) is 4.53. The number of hydrazine groups is 1. The van der Waals surface area contributed by atoms with E-state index in [1.807, 2.05) is 30.3 Å². The number of hydrogen-bond acceptors (Lipinski definition) is 2. The first-order valence-electron chi connectivity index (χ1n) is 5.08. The van der Waals surface area contributed by atoms with Gasteiger partial charge in [0.1, 0.15) is 0 Å². The first-order chi connectivity index (χ1) is 6.84. The maximum Gasteiger partial charge on any atom is 0.0703 e. The van der Waals surface area contributed by atoms with E-state index in [1.54, 1.807) is 0 Å². The Labute approximate surface area is 83.6 Å². The van der Waals surface area contributed by atoms with Gasteiger partial charge in [0.15, 0.2) is 0 Å². The molecule has 0 atom stereocenters. The van der Waals surface area contributed by atoms with E-state index in [2.05, 4.69) is 5.43 Å². The van der Waals surface area contributed by atoms with Gasteiger partial charge in [-0.2, -0.15) is 0 Å². The summed E-state index contributed by atoms with van der Waals surface area (Å²) in [6, 6.07) is 9.98. The quantitative estimate of drug-likeness (QED) is 0.585. The van der Waals surface area contributed by atoms with Crippen LogP contribution in [0.15, 0.2) is 30.3 Å². The molecule has 14 heavy (non-hydrogen) atoms. The lowest BCUT2D eigenvalue weighted by Crippen LogP contribution is -2.43. The highest BCUT2D eigenvalue weighted by Crippen LogP contribution is 2.18. The van der Waals surface area contributed by atoms with Gasteiger partial charge >= 0.3 is 0 Å². The summed E-state index contributed by atoms with van der Waals surface area (Å²) in [5.74, 6) is 0. The Bertz CT molecular complexity index is 272. The molecule has 0 unspecified atom stereocenters. The molecular weight excluding hydrogens is 179 g/mol. The lowest BCUT2D eigenvalue weighted by molar-refractivity contribution is -0.0657. The zero-order valence-corrected chi connectivity index (χ0v) is 8.12. The zero-order chi connectivity index (χ0) is 9.80. The van der Waals surface area contributed by atoms with Gasteiger partial charge in [-0.15, -0.1) is 4.48 Å². The summed E-state index contributed by atoms with van der Waals surface area (Å²) >= 11 is 0. The Kier molecular flexibility index (Phi) is 3.11. The van der Waals surface area contributed by atoms with Gasteiger partial charge < -0.3 is 0 Å². The van der Waals surface area contributed by atoms with Crippen molar-refractivity contribution in [2.75, 3.05) is 0 Å². The Hall–Kier alpha value is -0.930. The van der Waals surface area contributed by atoms with Crippen molar-refractivity contribution in [3.8, 4) is 0 Å². The predicted molar refractivity (Wildman–Crippen MR) is 53.9 cm³/mol. The number of rotatable bonds is 4. The Morgan fingerprint density at radius 3 is 2.57 bits per heavy atom. The fraction of sp³-hybridized carbons (Fsp3) is 0.455. The molecular formula is C11H15FN2. The van der Waals surface area contributed by atoms with Crippen molar-refractivity contribution in [2.45, 2.75) is 31.8 Å². The molecule has 0 aromatic heterocycles. The lowest BCUT2D eigenvalue weighted by Gasteiger charge is -2.28. The lowest BCUT2D eigenvalue weighted by atomic mass is 9.94. The number of benzene rings is 1. The maximum absolute atomic E-state index is 13.3. The van der Waals surface area contributed by atoms with Gasteiger partial charge in [-0.1, -0.05) is 42.0 Å². The standard InChI is InChI=1S/C11H15FN2/c12-14(13-11-7-4-8-11)9-10-5-2-1-3-6-10/h1-3,5-6,11,13H,4,7-9H2. The van der Waals surface area contributed by atoms with Crippen LogP contribution in [0, 0.1) is 0 Å². The minimum absolute atomic E-state index is 0.317. The number of nitrogens with one attached hydrogen (secondary N) is 1. The first-order valence-corrected chi connectivity index (χ1v) is 5.08. The Morgan fingerprint density at radius 2 is 2.00 bits per heavy atom. The SMILES string of the molecule is FN(Cc1ccccc1)NC1CCC1. The van der Waals surface area contributed by atoms with Gasteiger partial charge in [0.05, 0.1) is 6.54 Å². The molecule has 1 aromatic rings. The summed E-state index contributed by atoms with van der Waals surface area (Å²) in [4.78, 5) is 0. The zero-order valence-electron chi connectivity index (χ0n) is 8.12. The molecule has 0 saturated heterocycles. The van der Waals surface area contributed by atoms with Crippen molar-refractivity contribution in [3.63, 3.8) is 0 Å². The van der Waals surface area contributed by atoms with Crippen LogP contribution in [0.25, 0.3) is 0 Å². The smallest absolute Gasteiger partial charge is 0.0703 e. The molecule has 1 fully saturated rings. The van der Waals surface area contributed by atoms with Crippen molar-refractivity contribution >= 4 is 0 Å². The molecule has 0 aliphatic heterocycles. The van der Waals surface area contributed by atoms with Crippen LogP contribution in [-0.2, 0) is 6.54 Å². The highest BCUT2D eigenvalue weighted by atomic mass is 19.2. The second-order valence-corrected chi connectivity index (χ2v) is 3.76. The van der Waals surface area contributed by atoms with E-state index in [1.165, 1.54) is 6.42 Å². The molecule has 1 aromatic carbocycles. The van der Waals surface area contributed by atoms with Crippen molar-refractivity contribution in [3.05, 3.63) is 35.9 Å².